The molecule has 1 aliphatic rings. The Balaban J connectivity index is 1.80. The van der Waals surface area contributed by atoms with Gasteiger partial charge in [-0.05, 0) is 55.9 Å². The SMILES string of the molecule is Cc1ccccc1C(C)Nc1ccc2c(n1)CCC2. The summed E-state index contributed by atoms with van der Waals surface area (Å²) in [6.07, 6.45) is 3.57. The van der Waals surface area contributed by atoms with E-state index < -0.39 is 0 Å². The molecule has 0 saturated heterocycles. The number of anilines is 1. The maximum absolute atomic E-state index is 4.74. The molecule has 1 aliphatic carbocycles. The largest absolute Gasteiger partial charge is 0.364 e. The fraction of sp³-hybridized carbons (Fsp3) is 0.353. The Hall–Kier alpha value is -1.83. The predicted molar refractivity (Wildman–Crippen MR) is 79.5 cm³/mol. The minimum Gasteiger partial charge on any atom is -0.364 e. The van der Waals surface area contributed by atoms with Crippen LogP contribution >= 0.6 is 0 Å². The molecule has 0 fully saturated rings. The molecule has 1 N–H and O–H groups in total. The number of benzene rings is 1. The van der Waals surface area contributed by atoms with Crippen molar-refractivity contribution in [3.8, 4) is 0 Å². The number of pyridine rings is 1. The minimum absolute atomic E-state index is 0.285. The Morgan fingerprint density at radius 2 is 1.95 bits per heavy atom. The van der Waals surface area contributed by atoms with Gasteiger partial charge in [0.15, 0.2) is 0 Å². The van der Waals surface area contributed by atoms with E-state index in [-0.39, 0.29) is 6.04 Å². The van der Waals surface area contributed by atoms with E-state index in [1.54, 1.807) is 0 Å². The van der Waals surface area contributed by atoms with Gasteiger partial charge in [0.05, 0.1) is 6.04 Å². The van der Waals surface area contributed by atoms with Crippen molar-refractivity contribution >= 4 is 5.82 Å². The van der Waals surface area contributed by atoms with E-state index in [4.69, 9.17) is 4.98 Å². The van der Waals surface area contributed by atoms with Crippen molar-refractivity contribution in [2.24, 2.45) is 0 Å². The molecule has 0 saturated carbocycles. The second kappa shape index (κ2) is 5.04. The Morgan fingerprint density at radius 3 is 2.79 bits per heavy atom. The van der Waals surface area contributed by atoms with E-state index in [9.17, 15) is 0 Å². The zero-order valence-corrected chi connectivity index (χ0v) is 11.6. The third kappa shape index (κ3) is 2.48. The number of aryl methyl sites for hydroxylation is 3. The number of aromatic nitrogens is 1. The van der Waals surface area contributed by atoms with Crippen LogP contribution in [0.4, 0.5) is 5.82 Å². The molecular formula is C17H20N2. The molecule has 0 aliphatic heterocycles. The van der Waals surface area contributed by atoms with Crippen LogP contribution in [0.25, 0.3) is 0 Å². The van der Waals surface area contributed by atoms with Crippen molar-refractivity contribution in [1.82, 2.24) is 4.98 Å². The first-order valence-corrected chi connectivity index (χ1v) is 7.05. The highest BCUT2D eigenvalue weighted by Crippen LogP contribution is 2.25. The van der Waals surface area contributed by atoms with Crippen molar-refractivity contribution in [3.63, 3.8) is 0 Å². The average molecular weight is 252 g/mol. The molecule has 0 amide bonds. The van der Waals surface area contributed by atoms with Crippen LogP contribution in [-0.2, 0) is 12.8 Å². The lowest BCUT2D eigenvalue weighted by Crippen LogP contribution is -2.09. The van der Waals surface area contributed by atoms with Gasteiger partial charge in [0.25, 0.3) is 0 Å². The zero-order valence-electron chi connectivity index (χ0n) is 11.6. The molecule has 0 spiro atoms. The van der Waals surface area contributed by atoms with Crippen LogP contribution in [0.5, 0.6) is 0 Å². The van der Waals surface area contributed by atoms with Crippen molar-refractivity contribution in [2.45, 2.75) is 39.2 Å². The fourth-order valence-corrected chi connectivity index (χ4v) is 2.87. The molecule has 1 atom stereocenters. The number of nitrogens with one attached hydrogen (secondary N) is 1. The fourth-order valence-electron chi connectivity index (χ4n) is 2.87. The summed E-state index contributed by atoms with van der Waals surface area (Å²) in [6, 6.07) is 13.1. The maximum atomic E-state index is 4.74. The average Bonchev–Trinajstić information content (AvgIpc) is 2.86. The molecule has 0 radical (unpaired) electrons. The molecular weight excluding hydrogens is 232 g/mol. The highest BCUT2D eigenvalue weighted by Gasteiger charge is 2.14. The molecule has 98 valence electrons. The van der Waals surface area contributed by atoms with Gasteiger partial charge in [-0.3, -0.25) is 0 Å². The Kier molecular flexibility index (Phi) is 3.24. The first kappa shape index (κ1) is 12.2. The third-order valence-corrected chi connectivity index (χ3v) is 3.95. The van der Waals surface area contributed by atoms with Crippen molar-refractivity contribution in [1.29, 1.82) is 0 Å². The van der Waals surface area contributed by atoms with Gasteiger partial charge in [-0.2, -0.15) is 0 Å². The van der Waals surface area contributed by atoms with Gasteiger partial charge in [0.1, 0.15) is 5.82 Å². The van der Waals surface area contributed by atoms with Crippen LogP contribution in [-0.4, -0.2) is 4.98 Å². The first-order chi connectivity index (χ1) is 9.24. The molecule has 1 unspecified atom stereocenters. The summed E-state index contributed by atoms with van der Waals surface area (Å²) < 4.78 is 0. The second-order valence-corrected chi connectivity index (χ2v) is 5.38. The number of hydrogen-bond acceptors (Lipinski definition) is 2. The van der Waals surface area contributed by atoms with Gasteiger partial charge in [0, 0.05) is 5.69 Å². The normalized spacial score (nSPS) is 15.1. The highest BCUT2D eigenvalue weighted by molar-refractivity contribution is 5.43. The summed E-state index contributed by atoms with van der Waals surface area (Å²) in [5, 5.41) is 3.52. The summed E-state index contributed by atoms with van der Waals surface area (Å²) in [5.74, 6) is 0.997. The van der Waals surface area contributed by atoms with Crippen LogP contribution in [0, 0.1) is 6.92 Å². The molecule has 0 bridgehead atoms. The zero-order chi connectivity index (χ0) is 13.2. The second-order valence-electron chi connectivity index (χ2n) is 5.38. The molecule has 19 heavy (non-hydrogen) atoms. The lowest BCUT2D eigenvalue weighted by Gasteiger charge is -2.17. The Bertz CT molecular complexity index is 590. The molecule has 1 heterocycles. The number of hydrogen-bond donors (Lipinski definition) is 1. The van der Waals surface area contributed by atoms with E-state index in [1.165, 1.54) is 35.2 Å². The monoisotopic (exact) mass is 252 g/mol. The lowest BCUT2D eigenvalue weighted by molar-refractivity contribution is 0.858. The first-order valence-electron chi connectivity index (χ1n) is 7.05. The number of rotatable bonds is 3. The van der Waals surface area contributed by atoms with E-state index in [0.717, 1.165) is 12.2 Å². The quantitative estimate of drug-likeness (QED) is 0.891. The van der Waals surface area contributed by atoms with Crippen molar-refractivity contribution in [2.75, 3.05) is 5.32 Å². The molecule has 2 aromatic rings. The standard InChI is InChI=1S/C17H20N2/c1-12-6-3-4-8-15(12)13(2)18-17-11-10-14-7-5-9-16(14)19-17/h3-4,6,8,10-11,13H,5,7,9H2,1-2H3,(H,18,19). The molecule has 3 rings (SSSR count). The lowest BCUT2D eigenvalue weighted by atomic mass is 10.0. The summed E-state index contributed by atoms with van der Waals surface area (Å²) in [6.45, 7) is 4.35. The van der Waals surface area contributed by atoms with Crippen LogP contribution in [0.1, 0.15) is 41.8 Å². The Labute approximate surface area is 114 Å². The number of fused-ring (bicyclic) bond motifs is 1. The van der Waals surface area contributed by atoms with E-state index in [1.807, 2.05) is 0 Å². The number of nitrogens with zero attached hydrogens (tertiary/aromatic N) is 1. The van der Waals surface area contributed by atoms with Gasteiger partial charge in [-0.15, -0.1) is 0 Å². The molecule has 2 heteroatoms. The van der Waals surface area contributed by atoms with Gasteiger partial charge < -0.3 is 5.32 Å². The van der Waals surface area contributed by atoms with Gasteiger partial charge in [-0.25, -0.2) is 4.98 Å². The maximum Gasteiger partial charge on any atom is 0.126 e. The Morgan fingerprint density at radius 1 is 1.11 bits per heavy atom. The van der Waals surface area contributed by atoms with Crippen LogP contribution in [0.15, 0.2) is 36.4 Å². The summed E-state index contributed by atoms with van der Waals surface area (Å²) in [4.78, 5) is 4.74. The summed E-state index contributed by atoms with van der Waals surface area (Å²) >= 11 is 0. The molecule has 1 aromatic carbocycles. The molecule has 1 aromatic heterocycles. The van der Waals surface area contributed by atoms with Gasteiger partial charge in [-0.1, -0.05) is 30.3 Å². The highest BCUT2D eigenvalue weighted by atomic mass is 15.0. The third-order valence-electron chi connectivity index (χ3n) is 3.95. The van der Waals surface area contributed by atoms with E-state index in [0.29, 0.717) is 0 Å². The van der Waals surface area contributed by atoms with Crippen LogP contribution in [0.3, 0.4) is 0 Å². The topological polar surface area (TPSA) is 24.9 Å². The van der Waals surface area contributed by atoms with Gasteiger partial charge in [0.2, 0.25) is 0 Å². The van der Waals surface area contributed by atoms with Crippen LogP contribution < -0.4 is 5.32 Å². The predicted octanol–water partition coefficient (Wildman–Crippen LogP) is 4.05. The van der Waals surface area contributed by atoms with Crippen molar-refractivity contribution in [3.05, 3.63) is 58.8 Å². The summed E-state index contributed by atoms with van der Waals surface area (Å²) in [7, 11) is 0. The van der Waals surface area contributed by atoms with Crippen LogP contribution in [0.2, 0.25) is 0 Å². The van der Waals surface area contributed by atoms with Crippen molar-refractivity contribution < 1.29 is 0 Å². The van der Waals surface area contributed by atoms with E-state index >= 15 is 0 Å². The van der Waals surface area contributed by atoms with E-state index in [2.05, 4.69) is 55.6 Å². The summed E-state index contributed by atoms with van der Waals surface area (Å²) in [5.41, 5.74) is 5.37. The van der Waals surface area contributed by atoms with Gasteiger partial charge >= 0.3 is 0 Å². The molecule has 2 nitrogen and oxygen atoms in total. The smallest absolute Gasteiger partial charge is 0.126 e. The minimum atomic E-state index is 0.285.